The van der Waals surface area contributed by atoms with Crippen LogP contribution in [-0.4, -0.2) is 230 Å². The second-order valence-corrected chi connectivity index (χ2v) is 32.8. The molecule has 8 heterocycles. The normalized spacial score (nSPS) is 13.2. The highest BCUT2D eigenvalue weighted by atomic mass is 19.3. The zero-order valence-electron chi connectivity index (χ0n) is 81.9. The number of anilines is 16. The van der Waals surface area contributed by atoms with Crippen LogP contribution in [0, 0.1) is 27.7 Å². The third kappa shape index (κ3) is 30.5. The van der Waals surface area contributed by atoms with Gasteiger partial charge in [-0.1, -0.05) is 50.6 Å². The first kappa shape index (κ1) is 106. The Morgan fingerprint density at radius 3 is 0.945 bits per heavy atom. The summed E-state index contributed by atoms with van der Waals surface area (Å²) in [4.78, 5) is 117. The van der Waals surface area contributed by atoms with Gasteiger partial charge in [0.15, 0.2) is 5.75 Å². The summed E-state index contributed by atoms with van der Waals surface area (Å²) >= 11 is 0. The van der Waals surface area contributed by atoms with Gasteiger partial charge in [0.2, 0.25) is 82.8 Å². The predicted octanol–water partition coefficient (Wildman–Crippen LogP) is 16.8. The molecule has 9 N–H and O–H groups in total. The first-order valence-corrected chi connectivity index (χ1v) is 46.4. The van der Waals surface area contributed by atoms with Crippen LogP contribution in [0.5, 0.6) is 69.5 Å². The van der Waals surface area contributed by atoms with Crippen molar-refractivity contribution in [1.82, 2.24) is 49.7 Å². The highest BCUT2D eigenvalue weighted by Gasteiger charge is 2.27. The van der Waals surface area contributed by atoms with Crippen LogP contribution in [0.4, 0.5) is 101 Å². The number of amides is 6. The molecule has 146 heavy (non-hydrogen) atoms. The van der Waals surface area contributed by atoms with Gasteiger partial charge in [0, 0.05) is 233 Å². The second-order valence-electron chi connectivity index (χ2n) is 32.8. The molecule has 0 unspecified atom stereocenters. The molecule has 41 heteroatoms. The molecule has 760 valence electrons. The lowest BCUT2D eigenvalue weighted by atomic mass is 10.2. The Morgan fingerprint density at radius 1 is 0.377 bits per heavy atom. The molecule has 6 amide bonds. The Kier molecular flexibility index (Phi) is 37.8. The quantitative estimate of drug-likeness (QED) is 0.0169. The number of nitrogens with one attached hydrogen (secondary N) is 8. The van der Waals surface area contributed by atoms with Gasteiger partial charge in [-0.3, -0.25) is 28.8 Å². The van der Waals surface area contributed by atoms with Crippen LogP contribution < -0.4 is 100 Å². The number of hydrogen-bond donors (Lipinski definition) is 9. The summed E-state index contributed by atoms with van der Waals surface area (Å²) in [7, 11) is 4.84. The topological polar surface area (TPSA) is 434 Å². The predicted molar refractivity (Wildman–Crippen MR) is 555 cm³/mol. The number of piperazine rings is 2. The van der Waals surface area contributed by atoms with Crippen molar-refractivity contribution in [3.63, 3.8) is 0 Å². The van der Waals surface area contributed by atoms with Crippen LogP contribution >= 0.6 is 0 Å². The molecule has 0 bridgehead atoms. The van der Waals surface area contributed by atoms with Crippen molar-refractivity contribution in [2.45, 2.75) is 47.7 Å². The van der Waals surface area contributed by atoms with E-state index < -0.39 is 13.2 Å². The fraction of sp³-hybridized carbons (Fsp3) is 0.257. The van der Waals surface area contributed by atoms with E-state index in [2.05, 4.69) is 123 Å². The van der Waals surface area contributed by atoms with Crippen molar-refractivity contribution in [3.8, 4) is 69.5 Å². The molecule has 0 aliphatic carbocycles. The number of nitrogens with zero attached hydrogens (tertiary/aromatic N) is 14. The molecule has 0 radical (unpaired) electrons. The largest absolute Gasteiger partial charge is 0.494 e. The van der Waals surface area contributed by atoms with Gasteiger partial charge in [-0.15, -0.1) is 0 Å². The van der Waals surface area contributed by atoms with E-state index in [1.807, 2.05) is 85.2 Å². The fourth-order valence-corrected chi connectivity index (χ4v) is 15.0. The van der Waals surface area contributed by atoms with Crippen LogP contribution in [0.1, 0.15) is 35.6 Å². The van der Waals surface area contributed by atoms with Gasteiger partial charge in [0.05, 0.1) is 63.9 Å². The number of aromatic nitrogens is 8. The number of aliphatic hydroxyl groups excluding tert-OH is 1. The molecule has 0 spiro atoms. The number of alkyl halides is 2. The zero-order chi connectivity index (χ0) is 104. The van der Waals surface area contributed by atoms with Crippen molar-refractivity contribution < 1.29 is 90.0 Å². The van der Waals surface area contributed by atoms with Gasteiger partial charge < -0.3 is 124 Å². The monoisotopic (exact) mass is 1990 g/mol. The molecule has 16 rings (SSSR count). The maximum absolute atomic E-state index is 13.1. The van der Waals surface area contributed by atoms with Crippen LogP contribution in [0.15, 0.2) is 245 Å². The molecule has 4 aliphatic rings. The fourth-order valence-electron chi connectivity index (χ4n) is 15.0. The number of morpholine rings is 1. The standard InChI is InChI=1S/C27H30N6O5.C27H30N6O4.C26H29N5O4.C25H25F2N5O4/c1-4-24(35)29-19-6-5-7-21(14-19)38-26-18(2)16-28-27(31-26)30-22-9-8-20(15-23(22)37-3)32-10-12-33(13-11-32)25(36)17-34;1-5-25(35)29-20-7-6-8-22(15-20)37-26-18(2)17-28-27(31-26)30-23-10-9-21(16-24(23)36-4)33-13-11-32(12-14-33)19(3)34;1-4-24(32)28-19-7-5-8-21(15-19)35-25-18(2)17-27-26(30-25)29-22-10-9-20(16-23(22)33-3)31-11-6-13-34-14-12-31;1-3-22(33)29-17-5-4-6-19(13-17)35-23-16(2)15-28-25(31-23)30-20-8-7-18(14-21(20)36-24(26)27)32-9-11-34-12-10-32/h4-9,14-16,34H,1,10-13,17H2,2-3H3,(H,29,35)(H,28,30,31);5-10,15-17H,1,11-14H2,2-4H3,(H,29,35)(H,28,30,31);4-5,7-10,15-17H,1,6,11-14H2,2-3H3,(H,28,32)(H,27,29,30);3-8,13-15,24H,1,9-12H2,2H3,(H,29,33)(H,28,30,31). The van der Waals surface area contributed by atoms with Crippen LogP contribution in [0.25, 0.3) is 0 Å². The van der Waals surface area contributed by atoms with Gasteiger partial charge in [0.1, 0.15) is 46.9 Å². The third-order valence-electron chi connectivity index (χ3n) is 22.6. The maximum Gasteiger partial charge on any atom is 0.387 e. The van der Waals surface area contributed by atoms with Gasteiger partial charge in [0.25, 0.3) is 0 Å². The summed E-state index contributed by atoms with van der Waals surface area (Å²) in [6.07, 6.45) is 12.3. The number of benzene rings is 8. The molecule has 4 aromatic heterocycles. The van der Waals surface area contributed by atoms with Gasteiger partial charge >= 0.3 is 6.61 Å². The van der Waals surface area contributed by atoms with Gasteiger partial charge in [-0.25, -0.2) is 19.9 Å². The SMILES string of the molecule is C=CC(=O)Nc1cccc(Oc2nc(Nc3ccc(N4CCCOCC4)cc3OC)ncc2C)c1.C=CC(=O)Nc1cccc(Oc2nc(Nc3ccc(N4CCN(C(=O)CO)CC4)cc3OC)ncc2C)c1.C=CC(=O)Nc1cccc(Oc2nc(Nc3ccc(N4CCN(C(C)=O)CC4)cc3OC)ncc2C)c1.C=CC(=O)Nc1cccc(Oc2nc(Nc3ccc(N4CCOCC4)cc3OC(F)F)ncc2C)c1. The Morgan fingerprint density at radius 2 is 0.658 bits per heavy atom. The molecule has 4 fully saturated rings. The number of aliphatic hydroxyl groups is 1. The highest BCUT2D eigenvalue weighted by Crippen LogP contribution is 2.41. The summed E-state index contributed by atoms with van der Waals surface area (Å²) < 4.78 is 82.7. The Balaban J connectivity index is 0.000000163. The molecule has 12 aromatic rings. The number of carbonyl (C=O) groups is 6. The minimum atomic E-state index is -3.00. The molecule has 4 aliphatic heterocycles. The van der Waals surface area contributed by atoms with Gasteiger partial charge in [-0.2, -0.15) is 28.7 Å². The number of halogens is 2. The Hall–Kier alpha value is -17.6. The van der Waals surface area contributed by atoms with Gasteiger partial charge in [-0.05, 0) is 155 Å². The average Bonchev–Trinajstić information content (AvgIpc) is 0.948. The van der Waals surface area contributed by atoms with Crippen LogP contribution in [-0.2, 0) is 38.2 Å². The smallest absolute Gasteiger partial charge is 0.387 e. The van der Waals surface area contributed by atoms with Crippen LogP contribution in [0.3, 0.4) is 0 Å². The number of aryl methyl sites for hydroxylation is 4. The summed E-state index contributed by atoms with van der Waals surface area (Å²) in [5.41, 5.74) is 11.4. The lowest BCUT2D eigenvalue weighted by Crippen LogP contribution is -2.49. The average molecular weight is 1990 g/mol. The van der Waals surface area contributed by atoms with E-state index in [9.17, 15) is 37.5 Å². The van der Waals surface area contributed by atoms with Crippen molar-refractivity contribution in [2.75, 3.05) is 195 Å². The number of carbonyl (C=O) groups excluding carboxylic acids is 6. The van der Waals surface area contributed by atoms with Crippen molar-refractivity contribution in [3.05, 3.63) is 268 Å². The van der Waals surface area contributed by atoms with Crippen molar-refractivity contribution in [1.29, 1.82) is 0 Å². The third-order valence-corrected chi connectivity index (χ3v) is 22.6. The summed E-state index contributed by atoms with van der Waals surface area (Å²) in [5.74, 6) is 5.02. The Bertz CT molecular complexity index is 6620. The minimum absolute atomic E-state index is 0.0358. The second kappa shape index (κ2) is 52.2. The van der Waals surface area contributed by atoms with E-state index in [-0.39, 0.29) is 58.7 Å². The summed E-state index contributed by atoms with van der Waals surface area (Å²) in [6, 6.07) is 50.4. The minimum Gasteiger partial charge on any atom is -0.494 e. The zero-order valence-corrected chi connectivity index (χ0v) is 81.9. The molecular weight excluding hydrogens is 1880 g/mol. The number of rotatable bonds is 34. The number of ether oxygens (including phenoxy) is 10. The summed E-state index contributed by atoms with van der Waals surface area (Å²) in [5, 5.41) is 32.4. The van der Waals surface area contributed by atoms with E-state index >= 15 is 0 Å². The number of hydrogen-bond acceptors (Lipinski definition) is 33. The molecule has 4 saturated heterocycles. The highest BCUT2D eigenvalue weighted by molar-refractivity contribution is 6.01. The lowest BCUT2D eigenvalue weighted by molar-refractivity contribution is -0.134. The molecule has 0 atom stereocenters. The first-order chi connectivity index (χ1) is 70.7. The van der Waals surface area contributed by atoms with Crippen molar-refractivity contribution >= 4 is 127 Å². The van der Waals surface area contributed by atoms with E-state index in [1.165, 1.54) is 24.3 Å². The molecule has 8 aromatic carbocycles. The van der Waals surface area contributed by atoms with E-state index in [1.54, 1.807) is 180 Å². The Labute approximate surface area is 842 Å². The van der Waals surface area contributed by atoms with E-state index in [0.29, 0.717) is 188 Å². The molecular formula is C105H114F2N22O17. The van der Waals surface area contributed by atoms with Crippen molar-refractivity contribution in [2.24, 2.45) is 0 Å². The molecule has 0 saturated carbocycles. The first-order valence-electron chi connectivity index (χ1n) is 46.4. The maximum atomic E-state index is 13.1. The summed E-state index contributed by atoms with van der Waals surface area (Å²) in [6.45, 7) is 30.3. The lowest BCUT2D eigenvalue weighted by Gasteiger charge is -2.36. The van der Waals surface area contributed by atoms with E-state index in [0.717, 1.165) is 84.3 Å². The van der Waals surface area contributed by atoms with E-state index in [4.69, 9.17) is 52.5 Å². The molecule has 39 nitrogen and oxygen atoms in total. The van der Waals surface area contributed by atoms with Crippen LogP contribution in [0.2, 0.25) is 0 Å². The number of methoxy groups -OCH3 is 3.